The average molecular weight is 331 g/mol. The number of halogens is 1. The first-order valence-electron chi connectivity index (χ1n) is 7.74. The molecule has 128 valence electrons. The van der Waals surface area contributed by atoms with E-state index in [1.807, 2.05) is 19.1 Å². The van der Waals surface area contributed by atoms with Crippen molar-refractivity contribution in [2.45, 2.75) is 33.5 Å². The summed E-state index contributed by atoms with van der Waals surface area (Å²) in [5, 5.41) is 2.84. The number of benzene rings is 1. The molecule has 0 radical (unpaired) electrons. The van der Waals surface area contributed by atoms with Gasteiger partial charge in [-0.05, 0) is 50.1 Å². The fraction of sp³-hybridized carbons (Fsp3) is 0.333. The van der Waals surface area contributed by atoms with E-state index < -0.39 is 6.17 Å². The van der Waals surface area contributed by atoms with Gasteiger partial charge in [0.05, 0.1) is 0 Å². The van der Waals surface area contributed by atoms with Crippen LogP contribution < -0.4 is 15.8 Å². The Labute approximate surface area is 141 Å². The fourth-order valence-corrected chi connectivity index (χ4v) is 2.30. The zero-order valence-electron chi connectivity index (χ0n) is 14.1. The Morgan fingerprint density at radius 2 is 2.08 bits per heavy atom. The Morgan fingerprint density at radius 1 is 1.33 bits per heavy atom. The Bertz CT molecular complexity index is 712. The summed E-state index contributed by atoms with van der Waals surface area (Å²) >= 11 is 0. The predicted molar refractivity (Wildman–Crippen MR) is 91.8 cm³/mol. The minimum atomic E-state index is -1.01. The van der Waals surface area contributed by atoms with Crippen LogP contribution in [0.2, 0.25) is 0 Å². The molecule has 2 aromatic rings. The quantitative estimate of drug-likeness (QED) is 0.853. The van der Waals surface area contributed by atoms with Gasteiger partial charge < -0.3 is 15.8 Å². The third-order valence-corrected chi connectivity index (χ3v) is 3.40. The molecule has 5 nitrogen and oxygen atoms in total. The number of hydrogen-bond acceptors (Lipinski definition) is 4. The number of anilines is 1. The molecule has 6 heteroatoms. The maximum atomic E-state index is 12.8. The van der Waals surface area contributed by atoms with Crippen LogP contribution in [0, 0.1) is 13.8 Å². The van der Waals surface area contributed by atoms with E-state index in [0.717, 1.165) is 11.1 Å². The number of aryl methyl sites for hydroxylation is 2. The molecule has 2 rings (SSSR count). The molecule has 0 aliphatic heterocycles. The minimum absolute atomic E-state index is 0.0275. The molecule has 1 atom stereocenters. The number of nitrogens with two attached hydrogens (primary N) is 1. The van der Waals surface area contributed by atoms with Gasteiger partial charge in [0.1, 0.15) is 24.3 Å². The molecule has 1 heterocycles. The molecule has 1 aromatic carbocycles. The molecule has 0 aliphatic carbocycles. The van der Waals surface area contributed by atoms with E-state index in [-0.39, 0.29) is 12.5 Å². The van der Waals surface area contributed by atoms with Gasteiger partial charge in [-0.3, -0.25) is 4.79 Å². The third-order valence-electron chi connectivity index (χ3n) is 3.40. The van der Waals surface area contributed by atoms with Crippen molar-refractivity contribution in [2.75, 3.05) is 12.3 Å². The van der Waals surface area contributed by atoms with E-state index >= 15 is 0 Å². The highest BCUT2D eigenvalue weighted by Crippen LogP contribution is 2.19. The second kappa shape index (κ2) is 7.77. The summed E-state index contributed by atoms with van der Waals surface area (Å²) in [7, 11) is 0. The van der Waals surface area contributed by atoms with Gasteiger partial charge in [-0.25, -0.2) is 9.37 Å². The van der Waals surface area contributed by atoms with Crippen LogP contribution in [0.1, 0.15) is 34.1 Å². The number of pyridine rings is 1. The van der Waals surface area contributed by atoms with Crippen LogP contribution in [-0.2, 0) is 6.54 Å². The van der Waals surface area contributed by atoms with E-state index in [1.54, 1.807) is 25.1 Å². The standard InChI is InChI=1S/C18H22FN3O2/c1-11-6-14(4-5-16(11)24-10-12(2)19)9-21-18(23)15-7-13(3)22-17(20)8-15/h4-8,12H,9-10H2,1-3H3,(H2,20,22)(H,21,23). The van der Waals surface area contributed by atoms with Crippen molar-refractivity contribution in [1.82, 2.24) is 10.3 Å². The summed E-state index contributed by atoms with van der Waals surface area (Å²) in [6, 6.07) is 8.77. The molecule has 0 saturated heterocycles. The van der Waals surface area contributed by atoms with Gasteiger partial charge in [-0.1, -0.05) is 12.1 Å². The smallest absolute Gasteiger partial charge is 0.251 e. The summed E-state index contributed by atoms with van der Waals surface area (Å²) in [5.41, 5.74) is 8.66. The lowest BCUT2D eigenvalue weighted by Gasteiger charge is -2.12. The van der Waals surface area contributed by atoms with Crippen molar-refractivity contribution < 1.29 is 13.9 Å². The van der Waals surface area contributed by atoms with Crippen LogP contribution in [0.15, 0.2) is 30.3 Å². The van der Waals surface area contributed by atoms with Crippen LogP contribution in [0.3, 0.4) is 0 Å². The summed E-state index contributed by atoms with van der Waals surface area (Å²) in [4.78, 5) is 16.2. The van der Waals surface area contributed by atoms with Crippen molar-refractivity contribution in [3.63, 3.8) is 0 Å². The molecule has 0 aliphatic rings. The second-order valence-electron chi connectivity index (χ2n) is 5.80. The monoisotopic (exact) mass is 331 g/mol. The summed E-state index contributed by atoms with van der Waals surface area (Å²) in [6.45, 7) is 5.53. The molecular formula is C18H22FN3O2. The summed E-state index contributed by atoms with van der Waals surface area (Å²) in [5.74, 6) is 0.753. The van der Waals surface area contributed by atoms with E-state index in [0.29, 0.717) is 29.4 Å². The number of alkyl halides is 1. The number of rotatable bonds is 6. The van der Waals surface area contributed by atoms with Gasteiger partial charge in [-0.2, -0.15) is 0 Å². The van der Waals surface area contributed by atoms with Gasteiger partial charge in [0, 0.05) is 17.8 Å². The number of amides is 1. The molecule has 24 heavy (non-hydrogen) atoms. The Balaban J connectivity index is 1.98. The number of nitrogens with one attached hydrogen (secondary N) is 1. The van der Waals surface area contributed by atoms with Crippen molar-refractivity contribution in [1.29, 1.82) is 0 Å². The highest BCUT2D eigenvalue weighted by molar-refractivity contribution is 5.94. The zero-order valence-corrected chi connectivity index (χ0v) is 14.1. The second-order valence-corrected chi connectivity index (χ2v) is 5.80. The van der Waals surface area contributed by atoms with Gasteiger partial charge >= 0.3 is 0 Å². The Kier molecular flexibility index (Phi) is 5.73. The van der Waals surface area contributed by atoms with Crippen LogP contribution in [0.25, 0.3) is 0 Å². The van der Waals surface area contributed by atoms with Crippen LogP contribution >= 0.6 is 0 Å². The summed E-state index contributed by atoms with van der Waals surface area (Å²) in [6.07, 6.45) is -1.01. The molecule has 0 spiro atoms. The number of carbonyl (C=O) groups excluding carboxylic acids is 1. The Morgan fingerprint density at radius 3 is 2.71 bits per heavy atom. The molecule has 0 bridgehead atoms. The molecule has 1 aromatic heterocycles. The van der Waals surface area contributed by atoms with E-state index in [9.17, 15) is 9.18 Å². The predicted octanol–water partition coefficient (Wildman–Crippen LogP) is 2.95. The first-order valence-corrected chi connectivity index (χ1v) is 7.74. The van der Waals surface area contributed by atoms with Crippen molar-refractivity contribution in [2.24, 2.45) is 0 Å². The summed E-state index contributed by atoms with van der Waals surface area (Å²) < 4.78 is 18.2. The number of carbonyl (C=O) groups is 1. The van der Waals surface area contributed by atoms with Crippen LogP contribution in [-0.4, -0.2) is 23.7 Å². The lowest BCUT2D eigenvalue weighted by atomic mass is 10.1. The molecule has 1 amide bonds. The maximum absolute atomic E-state index is 12.8. The highest BCUT2D eigenvalue weighted by atomic mass is 19.1. The molecule has 3 N–H and O–H groups in total. The zero-order chi connectivity index (χ0) is 17.7. The number of ether oxygens (including phenoxy) is 1. The third kappa shape index (κ3) is 4.94. The molecule has 0 fully saturated rings. The first-order chi connectivity index (χ1) is 11.3. The van der Waals surface area contributed by atoms with Crippen molar-refractivity contribution in [3.05, 3.63) is 52.7 Å². The lowest BCUT2D eigenvalue weighted by molar-refractivity contribution is 0.0950. The number of hydrogen-bond donors (Lipinski definition) is 2. The van der Waals surface area contributed by atoms with E-state index in [1.165, 1.54) is 6.92 Å². The molecular weight excluding hydrogens is 309 g/mol. The van der Waals surface area contributed by atoms with Crippen LogP contribution in [0.5, 0.6) is 5.75 Å². The van der Waals surface area contributed by atoms with Crippen molar-refractivity contribution in [3.8, 4) is 5.75 Å². The SMILES string of the molecule is Cc1cc(C(=O)NCc2ccc(OCC(C)F)c(C)c2)cc(N)n1. The Hall–Kier alpha value is -2.63. The van der Waals surface area contributed by atoms with E-state index in [2.05, 4.69) is 10.3 Å². The van der Waals surface area contributed by atoms with Gasteiger partial charge in [0.15, 0.2) is 0 Å². The molecule has 0 saturated carbocycles. The fourth-order valence-electron chi connectivity index (χ4n) is 2.30. The maximum Gasteiger partial charge on any atom is 0.251 e. The van der Waals surface area contributed by atoms with Gasteiger partial charge in [-0.15, -0.1) is 0 Å². The average Bonchev–Trinajstić information content (AvgIpc) is 2.50. The number of nitrogens with zero attached hydrogens (tertiary/aromatic N) is 1. The van der Waals surface area contributed by atoms with Crippen LogP contribution in [0.4, 0.5) is 10.2 Å². The lowest BCUT2D eigenvalue weighted by Crippen LogP contribution is -2.23. The first kappa shape index (κ1) is 17.7. The largest absolute Gasteiger partial charge is 0.490 e. The molecule has 1 unspecified atom stereocenters. The van der Waals surface area contributed by atoms with E-state index in [4.69, 9.17) is 10.5 Å². The highest BCUT2D eigenvalue weighted by Gasteiger charge is 2.09. The number of aromatic nitrogens is 1. The van der Waals surface area contributed by atoms with Gasteiger partial charge in [0.2, 0.25) is 0 Å². The minimum Gasteiger partial charge on any atom is -0.490 e. The van der Waals surface area contributed by atoms with Crippen molar-refractivity contribution >= 4 is 11.7 Å². The normalized spacial score (nSPS) is 11.8. The topological polar surface area (TPSA) is 77.2 Å². The van der Waals surface area contributed by atoms with Gasteiger partial charge in [0.25, 0.3) is 5.91 Å². The number of nitrogen functional groups attached to an aromatic ring is 1.